The summed E-state index contributed by atoms with van der Waals surface area (Å²) in [7, 11) is 0. The van der Waals surface area contributed by atoms with Crippen LogP contribution in [0.2, 0.25) is 0 Å². The number of hydrogen-bond acceptors (Lipinski definition) is 8. The van der Waals surface area contributed by atoms with E-state index in [1.54, 1.807) is 0 Å². The Kier molecular flexibility index (Phi) is 7.58. The molecule has 0 aliphatic carbocycles. The van der Waals surface area contributed by atoms with Crippen molar-refractivity contribution in [1.29, 1.82) is 0 Å². The average Bonchev–Trinajstić information content (AvgIpc) is 3.16. The van der Waals surface area contributed by atoms with Crippen molar-refractivity contribution in [2.45, 2.75) is 34.6 Å². The standard InChI is InChI=1S/C21H20FN2O6PS2/c22-16-12-24(21(27)23-20(16)26)19-11-17(25)18(30-19)13-29-31(28,32-14-7-3-1-4-8-14)33-15-9-5-2-6-10-15/h1-10,12,17-19,25H,11,13H2,(H,23,26,27)/t17-,18+,19+/m0/s1. The molecular formula is C21H20FN2O6PS2. The van der Waals surface area contributed by atoms with Crippen molar-refractivity contribution in [3.8, 4) is 0 Å². The van der Waals surface area contributed by atoms with E-state index in [4.69, 9.17) is 9.26 Å². The molecule has 0 radical (unpaired) electrons. The Bertz CT molecular complexity index is 1210. The van der Waals surface area contributed by atoms with E-state index in [9.17, 15) is 23.7 Å². The van der Waals surface area contributed by atoms with Gasteiger partial charge in [-0.05, 0) is 47.0 Å². The number of rotatable bonds is 8. The van der Waals surface area contributed by atoms with Crippen LogP contribution in [0.1, 0.15) is 12.6 Å². The summed E-state index contributed by atoms with van der Waals surface area (Å²) in [5.41, 5.74) is -1.99. The average molecular weight is 511 g/mol. The minimum atomic E-state index is -3.39. The van der Waals surface area contributed by atoms with Gasteiger partial charge in [-0.25, -0.2) is 4.79 Å². The van der Waals surface area contributed by atoms with Crippen molar-refractivity contribution in [2.75, 3.05) is 6.61 Å². The third-order valence-electron chi connectivity index (χ3n) is 4.76. The number of halogens is 1. The fourth-order valence-corrected chi connectivity index (χ4v) is 9.67. The summed E-state index contributed by atoms with van der Waals surface area (Å²) in [5.74, 6) is -4.53. The zero-order valence-corrected chi connectivity index (χ0v) is 19.6. The lowest BCUT2D eigenvalue weighted by molar-refractivity contribution is -0.0398. The highest BCUT2D eigenvalue weighted by atomic mass is 33.1. The molecule has 0 spiro atoms. The molecule has 174 valence electrons. The monoisotopic (exact) mass is 510 g/mol. The van der Waals surface area contributed by atoms with Crippen molar-refractivity contribution in [1.82, 2.24) is 9.55 Å². The molecule has 1 saturated heterocycles. The second-order valence-corrected chi connectivity index (χ2v) is 14.3. The van der Waals surface area contributed by atoms with Crippen LogP contribution in [0.15, 0.2) is 86.2 Å². The molecule has 8 nitrogen and oxygen atoms in total. The zero-order chi connectivity index (χ0) is 23.4. The van der Waals surface area contributed by atoms with Crippen molar-refractivity contribution in [3.05, 3.63) is 93.5 Å². The molecule has 0 saturated carbocycles. The summed E-state index contributed by atoms with van der Waals surface area (Å²) in [6.07, 6.45) is -2.24. The Morgan fingerprint density at radius 3 is 2.24 bits per heavy atom. The summed E-state index contributed by atoms with van der Waals surface area (Å²) < 4.78 is 39.8. The quantitative estimate of drug-likeness (QED) is 0.437. The highest BCUT2D eigenvalue weighted by Crippen LogP contribution is 2.74. The molecule has 1 fully saturated rings. The second kappa shape index (κ2) is 10.4. The minimum Gasteiger partial charge on any atom is -0.390 e. The molecule has 1 aliphatic rings. The van der Waals surface area contributed by atoms with Crippen LogP contribution in [-0.4, -0.2) is 33.5 Å². The lowest BCUT2D eigenvalue weighted by atomic mass is 10.2. The Labute approximate surface area is 196 Å². The van der Waals surface area contributed by atoms with Gasteiger partial charge in [0.2, 0.25) is 5.82 Å². The molecule has 0 amide bonds. The van der Waals surface area contributed by atoms with Crippen LogP contribution in [0.5, 0.6) is 0 Å². The van der Waals surface area contributed by atoms with E-state index in [0.717, 1.165) is 43.3 Å². The van der Waals surface area contributed by atoms with E-state index in [0.29, 0.717) is 0 Å². The fraction of sp³-hybridized carbons (Fsp3) is 0.238. The van der Waals surface area contributed by atoms with Gasteiger partial charge in [0.1, 0.15) is 12.3 Å². The summed E-state index contributed by atoms with van der Waals surface area (Å²) in [4.78, 5) is 26.6. The van der Waals surface area contributed by atoms with Gasteiger partial charge in [-0.15, -0.1) is 0 Å². The molecule has 1 aliphatic heterocycles. The molecule has 2 heterocycles. The molecule has 12 heteroatoms. The van der Waals surface area contributed by atoms with Crippen LogP contribution in [-0.2, 0) is 13.8 Å². The highest BCUT2D eigenvalue weighted by Gasteiger charge is 2.38. The molecule has 3 aromatic rings. The van der Waals surface area contributed by atoms with E-state index in [1.165, 1.54) is 0 Å². The first kappa shape index (κ1) is 24.0. The van der Waals surface area contributed by atoms with Gasteiger partial charge < -0.3 is 14.4 Å². The van der Waals surface area contributed by atoms with Crippen molar-refractivity contribution >= 4 is 28.5 Å². The normalized spacial score (nSPS) is 20.7. The molecule has 33 heavy (non-hydrogen) atoms. The van der Waals surface area contributed by atoms with Crippen LogP contribution >= 0.6 is 28.5 Å². The number of aromatic nitrogens is 2. The van der Waals surface area contributed by atoms with Gasteiger partial charge in [-0.3, -0.25) is 18.9 Å². The molecule has 1 aromatic heterocycles. The first-order valence-electron chi connectivity index (χ1n) is 9.91. The largest absolute Gasteiger partial charge is 0.390 e. The number of nitrogens with zero attached hydrogens (tertiary/aromatic N) is 1. The molecule has 4 rings (SSSR count). The molecule has 2 aromatic carbocycles. The van der Waals surface area contributed by atoms with E-state index in [-0.39, 0.29) is 13.0 Å². The lowest BCUT2D eigenvalue weighted by Gasteiger charge is -2.21. The SMILES string of the molecule is O=c1[nH]c(=O)n([C@H]2C[C@H](O)[C@@H](COP(=O)(Sc3ccccc3)Sc3ccccc3)O2)cc1F. The molecule has 0 unspecified atom stereocenters. The van der Waals surface area contributed by atoms with Crippen LogP contribution < -0.4 is 11.2 Å². The third-order valence-corrected chi connectivity index (χ3v) is 11.2. The Morgan fingerprint density at radius 1 is 1.09 bits per heavy atom. The Morgan fingerprint density at radius 2 is 1.67 bits per heavy atom. The smallest absolute Gasteiger partial charge is 0.330 e. The predicted octanol–water partition coefficient (Wildman–Crippen LogP) is 4.03. The molecule has 2 N–H and O–H groups in total. The maximum atomic E-state index is 13.7. The number of ether oxygens (including phenoxy) is 1. The van der Waals surface area contributed by atoms with E-state index < -0.39 is 41.3 Å². The summed E-state index contributed by atoms with van der Waals surface area (Å²) in [6, 6.07) is 18.3. The number of aliphatic hydroxyl groups is 1. The summed E-state index contributed by atoms with van der Waals surface area (Å²) in [5, 5.41) is 10.4. The van der Waals surface area contributed by atoms with E-state index >= 15 is 0 Å². The second-order valence-electron chi connectivity index (χ2n) is 7.13. The maximum absolute atomic E-state index is 13.7. The van der Waals surface area contributed by atoms with Crippen molar-refractivity contribution in [3.63, 3.8) is 0 Å². The number of nitrogens with one attached hydrogen (secondary N) is 1. The van der Waals surface area contributed by atoms with E-state index in [2.05, 4.69) is 0 Å². The number of aromatic amines is 1. The number of H-pyrrole nitrogens is 1. The van der Waals surface area contributed by atoms with E-state index in [1.807, 2.05) is 65.6 Å². The molecule has 0 bridgehead atoms. The van der Waals surface area contributed by atoms with Gasteiger partial charge in [0, 0.05) is 16.2 Å². The van der Waals surface area contributed by atoms with Crippen LogP contribution in [0, 0.1) is 5.82 Å². The Balaban J connectivity index is 1.49. The number of aliphatic hydroxyl groups excluding tert-OH is 1. The predicted molar refractivity (Wildman–Crippen MR) is 124 cm³/mol. The topological polar surface area (TPSA) is 111 Å². The van der Waals surface area contributed by atoms with Crippen LogP contribution in [0.25, 0.3) is 0 Å². The highest BCUT2D eigenvalue weighted by molar-refractivity contribution is 8.89. The lowest BCUT2D eigenvalue weighted by Crippen LogP contribution is -2.34. The molecule has 3 atom stereocenters. The van der Waals surface area contributed by atoms with Crippen molar-refractivity contribution in [2.24, 2.45) is 0 Å². The first-order valence-corrected chi connectivity index (χ1v) is 14.4. The van der Waals surface area contributed by atoms with Gasteiger partial charge in [0.15, 0.2) is 0 Å². The van der Waals surface area contributed by atoms with Crippen molar-refractivity contribution < 1.29 is 23.3 Å². The van der Waals surface area contributed by atoms with Crippen LogP contribution in [0.4, 0.5) is 4.39 Å². The number of hydrogen-bond donors (Lipinski definition) is 2. The van der Waals surface area contributed by atoms with Crippen LogP contribution in [0.3, 0.4) is 0 Å². The van der Waals surface area contributed by atoms with Gasteiger partial charge in [0.05, 0.1) is 18.9 Å². The maximum Gasteiger partial charge on any atom is 0.330 e. The third kappa shape index (κ3) is 6.06. The minimum absolute atomic E-state index is 0.0264. The van der Waals surface area contributed by atoms with Gasteiger partial charge in [0.25, 0.3) is 5.56 Å². The van der Waals surface area contributed by atoms with Gasteiger partial charge in [-0.1, -0.05) is 36.4 Å². The zero-order valence-electron chi connectivity index (χ0n) is 17.1. The summed E-state index contributed by atoms with van der Waals surface area (Å²) >= 11 is 2.18. The van der Waals surface area contributed by atoms with Gasteiger partial charge in [-0.2, -0.15) is 4.39 Å². The number of benzene rings is 2. The summed E-state index contributed by atoms with van der Waals surface area (Å²) in [6.45, 7) is -0.213. The fourth-order valence-electron chi connectivity index (χ4n) is 3.17. The molecular weight excluding hydrogens is 490 g/mol. The van der Waals surface area contributed by atoms with Gasteiger partial charge >= 0.3 is 11.5 Å². The first-order chi connectivity index (χ1) is 15.8. The Hall–Kier alpha value is -2.14.